The number of anilines is 2. The van der Waals surface area contributed by atoms with Gasteiger partial charge in [0.15, 0.2) is 5.78 Å². The van der Waals surface area contributed by atoms with Crippen molar-refractivity contribution in [3.8, 4) is 23.0 Å². The smallest absolute Gasteiger partial charge is 0.374 e. The quantitative estimate of drug-likeness (QED) is 0.0284. The van der Waals surface area contributed by atoms with Crippen LogP contribution in [0.1, 0.15) is 62.2 Å². The van der Waals surface area contributed by atoms with Gasteiger partial charge in [-0.25, -0.2) is 19.2 Å². The first kappa shape index (κ1) is 41.5. The Hall–Kier alpha value is -7.29. The third kappa shape index (κ3) is 11.9. The first-order valence-electron chi connectivity index (χ1n) is 16.9. The zero-order valence-corrected chi connectivity index (χ0v) is 30.9. The monoisotopic (exact) mass is 766 g/mol. The summed E-state index contributed by atoms with van der Waals surface area (Å²) in [6, 6.07) is 21.7. The highest BCUT2D eigenvalue weighted by molar-refractivity contribution is 6.32. The predicted molar refractivity (Wildman–Crippen MR) is 201 cm³/mol. The van der Waals surface area contributed by atoms with Crippen LogP contribution in [0.5, 0.6) is 23.0 Å². The van der Waals surface area contributed by atoms with E-state index in [0.717, 1.165) is 12.6 Å². The summed E-state index contributed by atoms with van der Waals surface area (Å²) in [4.78, 5) is 86.2. The second-order valence-electron chi connectivity index (χ2n) is 11.8. The summed E-state index contributed by atoms with van der Waals surface area (Å²) in [5, 5.41) is 5.75. The topological polar surface area (TPSA) is 199 Å². The number of nitrogens with one attached hydrogen (secondary N) is 2. The van der Waals surface area contributed by atoms with Crippen molar-refractivity contribution < 1.29 is 62.0 Å². The van der Waals surface area contributed by atoms with Crippen LogP contribution in [-0.4, -0.2) is 74.8 Å². The van der Waals surface area contributed by atoms with Gasteiger partial charge < -0.3 is 39.1 Å². The molecule has 0 aliphatic carbocycles. The molecular weight excluding hydrogens is 728 g/mol. The lowest BCUT2D eigenvalue weighted by atomic mass is 10.0. The maximum absolute atomic E-state index is 13.7. The van der Waals surface area contributed by atoms with Crippen LogP contribution in [-0.2, 0) is 33.3 Å². The Balaban J connectivity index is 1.53. The summed E-state index contributed by atoms with van der Waals surface area (Å²) >= 11 is 0. The Morgan fingerprint density at radius 3 is 1.43 bits per heavy atom. The molecule has 2 N–H and O–H groups in total. The third-order valence-electron chi connectivity index (χ3n) is 7.51. The molecule has 0 saturated heterocycles. The average molecular weight is 767 g/mol. The van der Waals surface area contributed by atoms with E-state index in [9.17, 15) is 33.6 Å². The van der Waals surface area contributed by atoms with E-state index in [1.54, 1.807) is 43.4 Å². The molecule has 0 spiro atoms. The first-order chi connectivity index (χ1) is 26.7. The van der Waals surface area contributed by atoms with Gasteiger partial charge in [-0.1, -0.05) is 6.58 Å². The van der Waals surface area contributed by atoms with Gasteiger partial charge in [-0.15, -0.1) is 0 Å². The van der Waals surface area contributed by atoms with Gasteiger partial charge in [-0.3, -0.25) is 14.4 Å². The van der Waals surface area contributed by atoms with Gasteiger partial charge >= 0.3 is 23.9 Å². The molecule has 4 aromatic rings. The molecule has 0 saturated carbocycles. The molecule has 0 fully saturated rings. The number of carbonyl (C=O) groups is 7. The molecule has 15 heteroatoms. The third-order valence-corrected chi connectivity index (χ3v) is 7.51. The Kier molecular flexibility index (Phi) is 14.6. The number of Topliss-reactive ketones (excluding diaryl/α,β-unsaturated/α-hetero) is 2. The fourth-order valence-electron chi connectivity index (χ4n) is 4.69. The highest BCUT2D eigenvalue weighted by atomic mass is 16.6. The summed E-state index contributed by atoms with van der Waals surface area (Å²) in [7, 11) is 1.80. The molecule has 1 amide bonds. The van der Waals surface area contributed by atoms with E-state index in [0.29, 0.717) is 17.2 Å². The SMILES string of the molecule is C=C(C)C(=O)OCCOC(=O)c1ccc(Oc2ccc(C(=O)OCCOC(=O)C(C)=O)c(C(=O)Nc3ccc(Oc4ccc(NC)cc4)cc3)c2)cc1C(C)=O. The summed E-state index contributed by atoms with van der Waals surface area (Å²) in [5.74, 6) is -4.27. The predicted octanol–water partition coefficient (Wildman–Crippen LogP) is 6.33. The van der Waals surface area contributed by atoms with Crippen LogP contribution in [0.25, 0.3) is 0 Å². The average Bonchev–Trinajstić information content (AvgIpc) is 3.18. The highest BCUT2D eigenvalue weighted by Gasteiger charge is 2.22. The van der Waals surface area contributed by atoms with Gasteiger partial charge in [0.25, 0.3) is 5.91 Å². The van der Waals surface area contributed by atoms with Crippen molar-refractivity contribution in [3.63, 3.8) is 0 Å². The van der Waals surface area contributed by atoms with Crippen molar-refractivity contribution in [1.29, 1.82) is 0 Å². The van der Waals surface area contributed by atoms with Gasteiger partial charge in [-0.2, -0.15) is 0 Å². The van der Waals surface area contributed by atoms with Crippen molar-refractivity contribution in [1.82, 2.24) is 0 Å². The van der Waals surface area contributed by atoms with E-state index >= 15 is 0 Å². The summed E-state index contributed by atoms with van der Waals surface area (Å²) in [5.41, 5.74) is 1.02. The Bertz CT molecular complexity index is 2140. The van der Waals surface area contributed by atoms with Gasteiger partial charge in [0.05, 0.1) is 16.7 Å². The van der Waals surface area contributed by atoms with Crippen LogP contribution < -0.4 is 20.1 Å². The van der Waals surface area contributed by atoms with Crippen LogP contribution in [0, 0.1) is 0 Å². The zero-order valence-electron chi connectivity index (χ0n) is 30.9. The molecule has 0 heterocycles. The lowest BCUT2D eigenvalue weighted by Gasteiger charge is -2.14. The first-order valence-corrected chi connectivity index (χ1v) is 16.9. The molecule has 0 atom stereocenters. The number of benzene rings is 4. The van der Waals surface area contributed by atoms with E-state index in [1.807, 2.05) is 12.1 Å². The summed E-state index contributed by atoms with van der Waals surface area (Å²) in [6.45, 7) is 5.94. The van der Waals surface area contributed by atoms with Crippen molar-refractivity contribution >= 4 is 52.7 Å². The second-order valence-corrected chi connectivity index (χ2v) is 11.8. The molecule has 15 nitrogen and oxygen atoms in total. The van der Waals surface area contributed by atoms with Gasteiger partial charge in [0.2, 0.25) is 5.78 Å². The molecule has 4 rings (SSSR count). The van der Waals surface area contributed by atoms with E-state index in [1.165, 1.54) is 50.2 Å². The standard InChI is InChI=1S/C41H38N2O13/c1-24(2)38(47)51-18-20-53-40(49)33-16-14-31(22-35(33)25(3)44)56-32-15-17-34(41(50)54-21-19-52-39(48)26(4)45)36(23-32)37(46)43-28-8-12-30(13-9-28)55-29-10-6-27(42-5)7-11-29/h6-17,22-23,42H,1,18-21H2,2-5H3,(H,43,46). The molecule has 4 aromatic carbocycles. The van der Waals surface area contributed by atoms with Crippen LogP contribution >= 0.6 is 0 Å². The van der Waals surface area contributed by atoms with Gasteiger partial charge in [0.1, 0.15) is 49.4 Å². The number of hydrogen-bond acceptors (Lipinski definition) is 14. The molecule has 56 heavy (non-hydrogen) atoms. The largest absolute Gasteiger partial charge is 0.459 e. The van der Waals surface area contributed by atoms with Crippen molar-refractivity contribution in [3.05, 3.63) is 119 Å². The van der Waals surface area contributed by atoms with Crippen LogP contribution in [0.3, 0.4) is 0 Å². The lowest BCUT2D eigenvalue weighted by molar-refractivity contribution is -0.153. The van der Waals surface area contributed by atoms with E-state index in [4.69, 9.17) is 28.4 Å². The Morgan fingerprint density at radius 2 is 0.946 bits per heavy atom. The summed E-state index contributed by atoms with van der Waals surface area (Å²) < 4.78 is 31.8. The molecule has 290 valence electrons. The number of carbonyl (C=O) groups excluding carboxylic acids is 7. The number of ether oxygens (including phenoxy) is 6. The minimum Gasteiger partial charge on any atom is -0.459 e. The molecule has 0 aromatic heterocycles. The van der Waals surface area contributed by atoms with Gasteiger partial charge in [-0.05, 0) is 98.8 Å². The molecule has 0 aliphatic heterocycles. The normalized spacial score (nSPS) is 10.3. The van der Waals surface area contributed by atoms with Crippen LogP contribution in [0.2, 0.25) is 0 Å². The number of ketones is 2. The maximum Gasteiger partial charge on any atom is 0.374 e. The van der Waals surface area contributed by atoms with Gasteiger partial charge in [0, 0.05) is 36.5 Å². The molecule has 0 radical (unpaired) electrons. The fourth-order valence-corrected chi connectivity index (χ4v) is 4.69. The van der Waals surface area contributed by atoms with Crippen molar-refractivity contribution in [2.24, 2.45) is 0 Å². The second kappa shape index (κ2) is 19.7. The number of rotatable bonds is 18. The lowest BCUT2D eigenvalue weighted by Crippen LogP contribution is -2.20. The zero-order chi connectivity index (χ0) is 40.8. The van der Waals surface area contributed by atoms with E-state index < -0.39 is 54.6 Å². The maximum atomic E-state index is 13.7. The molecule has 0 aliphatic rings. The van der Waals surface area contributed by atoms with Crippen LogP contribution in [0.4, 0.5) is 11.4 Å². The fraction of sp³-hybridized carbons (Fsp3) is 0.195. The minimum absolute atomic E-state index is 0.0301. The number of hydrogen-bond donors (Lipinski definition) is 2. The van der Waals surface area contributed by atoms with Crippen molar-refractivity contribution in [2.75, 3.05) is 44.1 Å². The summed E-state index contributed by atoms with van der Waals surface area (Å²) in [6.07, 6.45) is 0. The van der Waals surface area contributed by atoms with E-state index in [2.05, 4.69) is 17.2 Å². The Morgan fingerprint density at radius 1 is 0.518 bits per heavy atom. The van der Waals surface area contributed by atoms with Crippen molar-refractivity contribution in [2.45, 2.75) is 20.8 Å². The molecule has 0 unspecified atom stereocenters. The minimum atomic E-state index is -1.09. The number of amides is 1. The van der Waals surface area contributed by atoms with Crippen LogP contribution in [0.15, 0.2) is 97.1 Å². The molecule has 0 bridgehead atoms. The molecular formula is C41H38N2O13. The van der Waals surface area contributed by atoms with E-state index in [-0.39, 0.29) is 52.5 Å². The highest BCUT2D eigenvalue weighted by Crippen LogP contribution is 2.29. The Labute approximate surface area is 321 Å². The number of esters is 4.